The Balaban J connectivity index is 2.19. The lowest BCUT2D eigenvalue weighted by atomic mass is 9.99. The lowest BCUT2D eigenvalue weighted by Crippen LogP contribution is -2.26. The Bertz CT molecular complexity index is 363. The molecule has 0 radical (unpaired) electrons. The number of nitrogens with one attached hydrogen (secondary N) is 1. The molecule has 1 heterocycles. The zero-order valence-corrected chi connectivity index (χ0v) is 8.30. The SMILES string of the molecule is N[C@H]1CCc2nc(NC(=O)O)sc2C1. The average Bonchev–Trinajstić information content (AvgIpc) is 2.44. The number of amides is 1. The summed E-state index contributed by atoms with van der Waals surface area (Å²) in [5.41, 5.74) is 6.80. The number of thiazole rings is 1. The van der Waals surface area contributed by atoms with Crippen molar-refractivity contribution in [3.63, 3.8) is 0 Å². The Morgan fingerprint density at radius 1 is 1.71 bits per heavy atom. The highest BCUT2D eigenvalue weighted by atomic mass is 32.1. The number of rotatable bonds is 1. The van der Waals surface area contributed by atoms with E-state index in [0.717, 1.165) is 29.8 Å². The maximum Gasteiger partial charge on any atom is 0.410 e. The van der Waals surface area contributed by atoms with Gasteiger partial charge in [-0.1, -0.05) is 0 Å². The minimum Gasteiger partial charge on any atom is -0.465 e. The van der Waals surface area contributed by atoms with Gasteiger partial charge < -0.3 is 10.8 Å². The van der Waals surface area contributed by atoms with Crippen LogP contribution in [0.15, 0.2) is 0 Å². The molecule has 1 amide bonds. The highest BCUT2D eigenvalue weighted by Gasteiger charge is 2.20. The van der Waals surface area contributed by atoms with E-state index in [1.54, 1.807) is 0 Å². The number of hydrogen-bond acceptors (Lipinski definition) is 4. The highest BCUT2D eigenvalue weighted by molar-refractivity contribution is 7.15. The summed E-state index contributed by atoms with van der Waals surface area (Å²) in [6, 6.07) is 0.195. The number of nitrogens with two attached hydrogens (primary N) is 1. The summed E-state index contributed by atoms with van der Waals surface area (Å²) in [6.07, 6.45) is 1.53. The maximum atomic E-state index is 10.4. The van der Waals surface area contributed by atoms with Gasteiger partial charge in [0, 0.05) is 10.9 Å². The number of hydrogen-bond donors (Lipinski definition) is 3. The summed E-state index contributed by atoms with van der Waals surface area (Å²) < 4.78 is 0. The second-order valence-corrected chi connectivity index (χ2v) is 4.41. The first-order valence-corrected chi connectivity index (χ1v) is 5.21. The number of fused-ring (bicyclic) bond motifs is 1. The van der Waals surface area contributed by atoms with Crippen LogP contribution in [0.5, 0.6) is 0 Å². The maximum absolute atomic E-state index is 10.4. The summed E-state index contributed by atoms with van der Waals surface area (Å²) in [6.45, 7) is 0. The van der Waals surface area contributed by atoms with Crippen LogP contribution in [0.1, 0.15) is 17.0 Å². The molecule has 76 valence electrons. The van der Waals surface area contributed by atoms with E-state index in [-0.39, 0.29) is 6.04 Å². The van der Waals surface area contributed by atoms with Gasteiger partial charge in [-0.25, -0.2) is 9.78 Å². The largest absolute Gasteiger partial charge is 0.465 e. The van der Waals surface area contributed by atoms with Crippen molar-refractivity contribution in [1.29, 1.82) is 0 Å². The molecule has 0 saturated carbocycles. The van der Waals surface area contributed by atoms with Gasteiger partial charge in [-0.2, -0.15) is 0 Å². The minimum absolute atomic E-state index is 0.195. The predicted molar refractivity (Wildman–Crippen MR) is 53.8 cm³/mol. The molecule has 0 aromatic carbocycles. The Morgan fingerprint density at radius 3 is 3.21 bits per heavy atom. The van der Waals surface area contributed by atoms with Crippen LogP contribution < -0.4 is 11.1 Å². The first-order chi connectivity index (χ1) is 6.65. The molecule has 1 aromatic heterocycles. The third-order valence-electron chi connectivity index (χ3n) is 2.19. The summed E-state index contributed by atoms with van der Waals surface area (Å²) in [5.74, 6) is 0. The van der Waals surface area contributed by atoms with Crippen LogP contribution >= 0.6 is 11.3 Å². The Morgan fingerprint density at radius 2 is 2.50 bits per heavy atom. The van der Waals surface area contributed by atoms with E-state index in [0.29, 0.717) is 5.13 Å². The zero-order chi connectivity index (χ0) is 10.1. The van der Waals surface area contributed by atoms with E-state index in [9.17, 15) is 4.79 Å². The smallest absolute Gasteiger partial charge is 0.410 e. The van der Waals surface area contributed by atoms with Crippen molar-refractivity contribution in [3.05, 3.63) is 10.6 Å². The van der Waals surface area contributed by atoms with Gasteiger partial charge in [0.2, 0.25) is 0 Å². The predicted octanol–water partition coefficient (Wildman–Crippen LogP) is 1.05. The quantitative estimate of drug-likeness (QED) is 0.650. The first kappa shape index (κ1) is 9.42. The van der Waals surface area contributed by atoms with Crippen molar-refractivity contribution in [2.75, 3.05) is 5.32 Å². The van der Waals surface area contributed by atoms with Crippen LogP contribution in [0.3, 0.4) is 0 Å². The van der Waals surface area contributed by atoms with E-state index in [4.69, 9.17) is 10.8 Å². The lowest BCUT2D eigenvalue weighted by molar-refractivity contribution is 0.209. The summed E-state index contributed by atoms with van der Waals surface area (Å²) in [5, 5.41) is 11.2. The van der Waals surface area contributed by atoms with Crippen LogP contribution in [0.2, 0.25) is 0 Å². The van der Waals surface area contributed by atoms with E-state index in [2.05, 4.69) is 10.3 Å². The van der Waals surface area contributed by atoms with Crippen molar-refractivity contribution in [1.82, 2.24) is 4.98 Å². The molecule has 4 N–H and O–H groups in total. The number of aryl methyl sites for hydroxylation is 1. The third-order valence-corrected chi connectivity index (χ3v) is 3.23. The normalized spacial score (nSPS) is 20.2. The fourth-order valence-electron chi connectivity index (χ4n) is 1.55. The number of aromatic nitrogens is 1. The molecule has 1 aliphatic rings. The summed E-state index contributed by atoms with van der Waals surface area (Å²) in [4.78, 5) is 15.7. The van der Waals surface area contributed by atoms with Crippen molar-refractivity contribution in [3.8, 4) is 0 Å². The van der Waals surface area contributed by atoms with Crippen molar-refractivity contribution in [2.24, 2.45) is 5.73 Å². The summed E-state index contributed by atoms with van der Waals surface area (Å²) in [7, 11) is 0. The third kappa shape index (κ3) is 1.85. The zero-order valence-electron chi connectivity index (χ0n) is 7.49. The van der Waals surface area contributed by atoms with Crippen molar-refractivity contribution >= 4 is 22.6 Å². The minimum atomic E-state index is -1.07. The number of carbonyl (C=O) groups is 1. The van der Waals surface area contributed by atoms with E-state index in [1.165, 1.54) is 11.3 Å². The van der Waals surface area contributed by atoms with Gasteiger partial charge in [-0.3, -0.25) is 5.32 Å². The fraction of sp³-hybridized carbons (Fsp3) is 0.500. The molecule has 1 aromatic rings. The molecule has 0 spiro atoms. The van der Waals surface area contributed by atoms with Crippen molar-refractivity contribution in [2.45, 2.75) is 25.3 Å². The fourth-order valence-corrected chi connectivity index (χ4v) is 2.64. The molecule has 0 unspecified atom stereocenters. The van der Waals surface area contributed by atoms with Gasteiger partial charge in [0.1, 0.15) is 0 Å². The molecule has 1 atom stereocenters. The molecule has 0 fully saturated rings. The van der Waals surface area contributed by atoms with Crippen LogP contribution in [0.25, 0.3) is 0 Å². The Kier molecular flexibility index (Phi) is 2.39. The van der Waals surface area contributed by atoms with Crippen LogP contribution in [0, 0.1) is 0 Å². The molecule has 6 heteroatoms. The molecule has 1 aliphatic carbocycles. The molecular weight excluding hydrogens is 202 g/mol. The van der Waals surface area contributed by atoms with E-state index < -0.39 is 6.09 Å². The van der Waals surface area contributed by atoms with E-state index in [1.807, 2.05) is 0 Å². The molecule has 0 bridgehead atoms. The van der Waals surface area contributed by atoms with E-state index >= 15 is 0 Å². The molecule has 2 rings (SSSR count). The topological polar surface area (TPSA) is 88.2 Å². The van der Waals surface area contributed by atoms with Gasteiger partial charge in [0.15, 0.2) is 5.13 Å². The number of nitrogens with zero attached hydrogens (tertiary/aromatic N) is 1. The Labute approximate surface area is 85.0 Å². The number of anilines is 1. The van der Waals surface area contributed by atoms with Crippen molar-refractivity contribution < 1.29 is 9.90 Å². The molecule has 5 nitrogen and oxygen atoms in total. The average molecular weight is 213 g/mol. The molecule has 0 saturated heterocycles. The molecule has 14 heavy (non-hydrogen) atoms. The standard InChI is InChI=1S/C8H11N3O2S/c9-4-1-2-5-6(3-4)14-7(10-5)11-8(12)13/h4H,1-3,9H2,(H,10,11)(H,12,13)/t4-/m0/s1. The second kappa shape index (κ2) is 3.55. The summed E-state index contributed by atoms with van der Waals surface area (Å²) >= 11 is 1.38. The monoisotopic (exact) mass is 213 g/mol. The van der Waals surface area contributed by atoms with Crippen LogP contribution in [0.4, 0.5) is 9.93 Å². The van der Waals surface area contributed by atoms with Crippen LogP contribution in [-0.4, -0.2) is 22.2 Å². The lowest BCUT2D eigenvalue weighted by Gasteiger charge is -2.15. The van der Waals surface area contributed by atoms with Gasteiger partial charge >= 0.3 is 6.09 Å². The van der Waals surface area contributed by atoms with Gasteiger partial charge in [0.25, 0.3) is 0 Å². The van der Waals surface area contributed by atoms with Crippen LogP contribution in [-0.2, 0) is 12.8 Å². The second-order valence-electron chi connectivity index (χ2n) is 3.32. The Hall–Kier alpha value is -1.14. The molecule has 0 aliphatic heterocycles. The number of carboxylic acid groups (broad SMARTS) is 1. The highest BCUT2D eigenvalue weighted by Crippen LogP contribution is 2.29. The van der Waals surface area contributed by atoms with Gasteiger partial charge in [-0.15, -0.1) is 11.3 Å². The molecular formula is C8H11N3O2S. The first-order valence-electron chi connectivity index (χ1n) is 4.39. The van der Waals surface area contributed by atoms with Gasteiger partial charge in [-0.05, 0) is 19.3 Å². The van der Waals surface area contributed by atoms with Gasteiger partial charge in [0.05, 0.1) is 5.69 Å².